The lowest BCUT2D eigenvalue weighted by atomic mass is 10.2. The first-order chi connectivity index (χ1) is 14.6. The first kappa shape index (κ1) is 18.6. The van der Waals surface area contributed by atoms with Crippen LogP contribution in [0.2, 0.25) is 0 Å². The number of carbonyl (C=O) groups excluding carboxylic acids is 1. The zero-order valence-corrected chi connectivity index (χ0v) is 16.3. The molecule has 7 heteroatoms. The molecular formula is C23H21FN4O2. The fraction of sp³-hybridized carbons (Fsp3) is 0.217. The van der Waals surface area contributed by atoms with Gasteiger partial charge in [0.2, 0.25) is 0 Å². The summed E-state index contributed by atoms with van der Waals surface area (Å²) >= 11 is 0. The van der Waals surface area contributed by atoms with Gasteiger partial charge < -0.3 is 14.3 Å². The fourth-order valence-electron chi connectivity index (χ4n) is 4.07. The number of amides is 1. The Hall–Kier alpha value is -3.45. The number of aromatic amines is 1. The molecular weight excluding hydrogens is 383 g/mol. The van der Waals surface area contributed by atoms with Crippen molar-refractivity contribution in [2.75, 3.05) is 26.2 Å². The van der Waals surface area contributed by atoms with E-state index < -0.39 is 0 Å². The number of nitrogens with zero attached hydrogens (tertiary/aromatic N) is 3. The highest BCUT2D eigenvalue weighted by molar-refractivity contribution is 5.96. The second-order valence-electron chi connectivity index (χ2n) is 7.65. The third-order valence-electron chi connectivity index (χ3n) is 5.70. The van der Waals surface area contributed by atoms with Gasteiger partial charge in [0.25, 0.3) is 11.5 Å². The number of para-hydroxylation sites is 1. The molecule has 30 heavy (non-hydrogen) atoms. The minimum absolute atomic E-state index is 0.0370. The smallest absolute Gasteiger partial charge is 0.258 e. The Morgan fingerprint density at radius 1 is 1.00 bits per heavy atom. The van der Waals surface area contributed by atoms with Crippen LogP contribution in [0.3, 0.4) is 0 Å². The molecule has 1 fully saturated rings. The number of hydrogen-bond acceptors (Lipinski definition) is 3. The molecule has 1 aliphatic rings. The Morgan fingerprint density at radius 2 is 1.73 bits per heavy atom. The number of nitrogens with one attached hydrogen (secondary N) is 1. The molecule has 6 nitrogen and oxygen atoms in total. The first-order valence-corrected chi connectivity index (χ1v) is 9.98. The summed E-state index contributed by atoms with van der Waals surface area (Å²) in [4.78, 5) is 32.3. The normalized spacial score (nSPS) is 15.2. The van der Waals surface area contributed by atoms with Gasteiger partial charge in [-0.3, -0.25) is 14.5 Å². The number of fused-ring (bicyclic) bond motifs is 3. The quantitative estimate of drug-likeness (QED) is 0.571. The molecule has 5 rings (SSSR count). The molecule has 1 saturated heterocycles. The lowest BCUT2D eigenvalue weighted by Crippen LogP contribution is -2.48. The van der Waals surface area contributed by atoms with Crippen molar-refractivity contribution in [3.05, 3.63) is 88.1 Å². The number of piperazine rings is 1. The number of halogens is 1. The van der Waals surface area contributed by atoms with E-state index in [0.29, 0.717) is 29.7 Å². The number of rotatable bonds is 3. The molecule has 0 atom stereocenters. The summed E-state index contributed by atoms with van der Waals surface area (Å²) in [5.41, 5.74) is 2.85. The van der Waals surface area contributed by atoms with Gasteiger partial charge in [-0.2, -0.15) is 0 Å². The summed E-state index contributed by atoms with van der Waals surface area (Å²) in [5, 5.41) is 0.592. The zero-order valence-electron chi connectivity index (χ0n) is 16.3. The van der Waals surface area contributed by atoms with E-state index >= 15 is 0 Å². The first-order valence-electron chi connectivity index (χ1n) is 9.98. The number of benzene rings is 2. The van der Waals surface area contributed by atoms with E-state index in [0.717, 1.165) is 30.7 Å². The van der Waals surface area contributed by atoms with Crippen molar-refractivity contribution < 1.29 is 9.18 Å². The van der Waals surface area contributed by atoms with Crippen molar-refractivity contribution in [1.29, 1.82) is 0 Å². The molecule has 1 N–H and O–H groups in total. The lowest BCUT2D eigenvalue weighted by Gasteiger charge is -2.34. The molecule has 152 valence electrons. The summed E-state index contributed by atoms with van der Waals surface area (Å²) in [7, 11) is 0. The number of H-pyrrole nitrogens is 1. The van der Waals surface area contributed by atoms with Crippen LogP contribution >= 0.6 is 0 Å². The Kier molecular flexibility index (Phi) is 4.59. The van der Waals surface area contributed by atoms with Crippen molar-refractivity contribution in [2.24, 2.45) is 0 Å². The van der Waals surface area contributed by atoms with Gasteiger partial charge in [0.15, 0.2) is 0 Å². The van der Waals surface area contributed by atoms with E-state index in [1.807, 2.05) is 27.5 Å². The van der Waals surface area contributed by atoms with Crippen molar-refractivity contribution >= 4 is 22.5 Å². The van der Waals surface area contributed by atoms with Gasteiger partial charge in [0, 0.05) is 38.9 Å². The van der Waals surface area contributed by atoms with Gasteiger partial charge in [0.1, 0.15) is 11.5 Å². The molecule has 2 aromatic heterocycles. The summed E-state index contributed by atoms with van der Waals surface area (Å²) < 4.78 is 14.9. The average molecular weight is 404 g/mol. The SMILES string of the molecule is O=C(c1cc2[nH]c(=O)c3ccccc3n2c1)N1CCN(Cc2ccc(F)cc2)CC1. The maximum absolute atomic E-state index is 13.1. The van der Waals surface area contributed by atoms with Gasteiger partial charge in [-0.15, -0.1) is 0 Å². The minimum atomic E-state index is -0.233. The van der Waals surface area contributed by atoms with Crippen LogP contribution in [0.5, 0.6) is 0 Å². The third-order valence-corrected chi connectivity index (χ3v) is 5.70. The van der Waals surface area contributed by atoms with E-state index in [2.05, 4.69) is 9.88 Å². The predicted molar refractivity (Wildman–Crippen MR) is 113 cm³/mol. The summed E-state index contributed by atoms with van der Waals surface area (Å²) in [6, 6.07) is 15.6. The Bertz CT molecular complexity index is 1280. The third kappa shape index (κ3) is 3.37. The summed E-state index contributed by atoms with van der Waals surface area (Å²) in [6.07, 6.45) is 1.79. The standard InChI is InChI=1S/C23H21FN4O2/c24-18-7-5-16(6-8-18)14-26-9-11-27(12-10-26)23(30)17-13-21-25-22(29)19-3-1-2-4-20(19)28(21)15-17/h1-8,13,15H,9-12,14H2,(H,25,29). The number of carbonyl (C=O) groups is 1. The molecule has 1 aliphatic heterocycles. The van der Waals surface area contributed by atoms with Gasteiger partial charge >= 0.3 is 0 Å². The average Bonchev–Trinajstić information content (AvgIpc) is 3.20. The van der Waals surface area contributed by atoms with Crippen LogP contribution in [-0.4, -0.2) is 51.3 Å². The Morgan fingerprint density at radius 3 is 2.50 bits per heavy atom. The molecule has 1 amide bonds. The van der Waals surface area contributed by atoms with E-state index in [4.69, 9.17) is 0 Å². The second kappa shape index (κ2) is 7.42. The number of hydrogen-bond donors (Lipinski definition) is 1. The minimum Gasteiger partial charge on any atom is -0.336 e. The molecule has 0 radical (unpaired) electrons. The topological polar surface area (TPSA) is 60.8 Å². The van der Waals surface area contributed by atoms with Crippen LogP contribution in [0.1, 0.15) is 15.9 Å². The van der Waals surface area contributed by atoms with Gasteiger partial charge in [-0.05, 0) is 35.9 Å². The van der Waals surface area contributed by atoms with Crippen LogP contribution in [0.25, 0.3) is 16.6 Å². The van der Waals surface area contributed by atoms with Crippen LogP contribution in [0.15, 0.2) is 65.6 Å². The molecule has 0 bridgehead atoms. The number of aromatic nitrogens is 2. The molecule has 0 unspecified atom stereocenters. The van der Waals surface area contributed by atoms with Gasteiger partial charge in [-0.1, -0.05) is 24.3 Å². The Labute approximate surface area is 172 Å². The van der Waals surface area contributed by atoms with Gasteiger partial charge in [0.05, 0.1) is 16.5 Å². The highest BCUT2D eigenvalue weighted by Gasteiger charge is 2.23. The molecule has 2 aromatic carbocycles. The predicted octanol–water partition coefficient (Wildman–Crippen LogP) is 2.88. The van der Waals surface area contributed by atoms with Crippen LogP contribution in [-0.2, 0) is 6.54 Å². The summed E-state index contributed by atoms with van der Waals surface area (Å²) in [5.74, 6) is -0.270. The van der Waals surface area contributed by atoms with E-state index in [1.165, 1.54) is 12.1 Å². The molecule has 4 aromatic rings. The highest BCUT2D eigenvalue weighted by Crippen LogP contribution is 2.17. The molecule has 0 aliphatic carbocycles. The fourth-order valence-corrected chi connectivity index (χ4v) is 4.07. The summed E-state index contributed by atoms with van der Waals surface area (Å²) in [6.45, 7) is 3.52. The van der Waals surface area contributed by atoms with Crippen LogP contribution in [0, 0.1) is 5.82 Å². The molecule has 3 heterocycles. The van der Waals surface area contributed by atoms with Crippen molar-refractivity contribution in [2.45, 2.75) is 6.54 Å². The van der Waals surface area contributed by atoms with Crippen molar-refractivity contribution in [3.63, 3.8) is 0 Å². The monoisotopic (exact) mass is 404 g/mol. The largest absolute Gasteiger partial charge is 0.336 e. The van der Waals surface area contributed by atoms with E-state index in [-0.39, 0.29) is 17.3 Å². The van der Waals surface area contributed by atoms with Crippen molar-refractivity contribution in [1.82, 2.24) is 19.2 Å². The van der Waals surface area contributed by atoms with E-state index in [1.54, 1.807) is 30.5 Å². The molecule has 0 spiro atoms. The van der Waals surface area contributed by atoms with Crippen LogP contribution < -0.4 is 5.56 Å². The van der Waals surface area contributed by atoms with Crippen molar-refractivity contribution in [3.8, 4) is 0 Å². The van der Waals surface area contributed by atoms with Crippen LogP contribution in [0.4, 0.5) is 4.39 Å². The highest BCUT2D eigenvalue weighted by atomic mass is 19.1. The Balaban J connectivity index is 1.32. The maximum atomic E-state index is 13.1. The van der Waals surface area contributed by atoms with Gasteiger partial charge in [-0.25, -0.2) is 4.39 Å². The zero-order chi connectivity index (χ0) is 20.7. The second-order valence-corrected chi connectivity index (χ2v) is 7.65. The van der Waals surface area contributed by atoms with E-state index in [9.17, 15) is 14.0 Å². The molecule has 0 saturated carbocycles. The maximum Gasteiger partial charge on any atom is 0.258 e. The lowest BCUT2D eigenvalue weighted by molar-refractivity contribution is 0.0628.